The van der Waals surface area contributed by atoms with E-state index in [0.29, 0.717) is 34.0 Å². The molecule has 3 aliphatic rings. The van der Waals surface area contributed by atoms with Crippen molar-refractivity contribution < 1.29 is 14.4 Å². The van der Waals surface area contributed by atoms with Crippen LogP contribution in [0.25, 0.3) is 11.6 Å². The second kappa shape index (κ2) is 13.6. The highest BCUT2D eigenvalue weighted by molar-refractivity contribution is 6.35. The van der Waals surface area contributed by atoms with Gasteiger partial charge in [0.1, 0.15) is 0 Å². The molecular weight excluding hydrogens is 576 g/mol. The van der Waals surface area contributed by atoms with Crippen LogP contribution in [0.5, 0.6) is 0 Å². The number of aryl methyl sites for hydroxylation is 1. The Kier molecular flexibility index (Phi) is 9.42. The predicted molar refractivity (Wildman–Crippen MR) is 183 cm³/mol. The minimum Gasteiger partial charge on any atom is -0.358 e. The number of hydrogen-bond acceptors (Lipinski definition) is 5. The molecule has 4 heterocycles. The number of amides is 3. The second-order valence-corrected chi connectivity index (χ2v) is 13.0. The molecule has 3 aliphatic heterocycles. The first-order valence-electron chi connectivity index (χ1n) is 16.7. The molecule has 2 aromatic carbocycles. The SMILES string of the molecule is CCC[C@@H](NC(=O)c1ccc2c(c1)/C(=C/c1[nH]c(C)c(C(=O)N3CCN(C4CCN(C)CC4)CC3)c1C)C(=O)N2)c1ccccc1. The van der Waals surface area contributed by atoms with Crippen LogP contribution in [0.3, 0.4) is 0 Å². The summed E-state index contributed by atoms with van der Waals surface area (Å²) in [5, 5.41) is 6.12. The monoisotopic (exact) mass is 622 g/mol. The summed E-state index contributed by atoms with van der Waals surface area (Å²) in [5.41, 5.74) is 6.39. The summed E-state index contributed by atoms with van der Waals surface area (Å²) in [6.45, 7) is 11.5. The maximum Gasteiger partial charge on any atom is 0.256 e. The van der Waals surface area contributed by atoms with E-state index in [4.69, 9.17) is 0 Å². The summed E-state index contributed by atoms with van der Waals surface area (Å²) >= 11 is 0. The molecule has 0 radical (unpaired) electrons. The van der Waals surface area contributed by atoms with Crippen molar-refractivity contribution in [2.24, 2.45) is 0 Å². The zero-order valence-corrected chi connectivity index (χ0v) is 27.5. The lowest BCUT2D eigenvalue weighted by Gasteiger charge is -2.42. The minimum atomic E-state index is -0.231. The smallest absolute Gasteiger partial charge is 0.256 e. The molecule has 3 N–H and O–H groups in total. The van der Waals surface area contributed by atoms with Gasteiger partial charge in [-0.3, -0.25) is 19.3 Å². The Morgan fingerprint density at radius 1 is 1.00 bits per heavy atom. The zero-order chi connectivity index (χ0) is 32.4. The Morgan fingerprint density at radius 2 is 1.72 bits per heavy atom. The molecule has 3 amide bonds. The van der Waals surface area contributed by atoms with Crippen LogP contribution in [0.2, 0.25) is 0 Å². The summed E-state index contributed by atoms with van der Waals surface area (Å²) in [4.78, 5) is 50.6. The van der Waals surface area contributed by atoms with Crippen LogP contribution >= 0.6 is 0 Å². The van der Waals surface area contributed by atoms with E-state index in [-0.39, 0.29) is 23.8 Å². The number of carbonyl (C=O) groups is 3. The topological polar surface area (TPSA) is 101 Å². The van der Waals surface area contributed by atoms with Crippen LogP contribution in [0, 0.1) is 13.8 Å². The number of aromatic amines is 1. The van der Waals surface area contributed by atoms with Gasteiger partial charge < -0.3 is 25.4 Å². The quantitative estimate of drug-likeness (QED) is 0.298. The first kappa shape index (κ1) is 31.8. The van der Waals surface area contributed by atoms with Gasteiger partial charge in [-0.05, 0) is 88.6 Å². The van der Waals surface area contributed by atoms with E-state index >= 15 is 0 Å². The summed E-state index contributed by atoms with van der Waals surface area (Å²) in [5.74, 6) is -0.376. The third kappa shape index (κ3) is 6.52. The third-order valence-electron chi connectivity index (χ3n) is 9.93. The van der Waals surface area contributed by atoms with Crippen LogP contribution in [0.1, 0.15) is 87.4 Å². The van der Waals surface area contributed by atoms with Gasteiger partial charge in [0.05, 0.1) is 17.2 Å². The molecule has 0 saturated carbocycles. The van der Waals surface area contributed by atoms with E-state index in [1.807, 2.05) is 55.2 Å². The predicted octanol–water partition coefficient (Wildman–Crippen LogP) is 5.25. The molecule has 3 aromatic rings. The molecule has 0 unspecified atom stereocenters. The molecule has 0 bridgehead atoms. The highest BCUT2D eigenvalue weighted by atomic mass is 16.2. The van der Waals surface area contributed by atoms with E-state index in [1.54, 1.807) is 18.2 Å². The molecule has 0 spiro atoms. The Balaban J connectivity index is 1.18. The first-order valence-corrected chi connectivity index (χ1v) is 16.7. The number of nitrogens with zero attached hydrogens (tertiary/aromatic N) is 3. The number of fused-ring (bicyclic) bond motifs is 1. The summed E-state index contributed by atoms with van der Waals surface area (Å²) in [6, 6.07) is 15.8. The number of aromatic nitrogens is 1. The number of benzene rings is 2. The van der Waals surface area contributed by atoms with Crippen molar-refractivity contribution in [2.45, 2.75) is 58.5 Å². The second-order valence-electron chi connectivity index (χ2n) is 13.0. The number of piperidine rings is 1. The number of anilines is 1. The molecule has 242 valence electrons. The van der Waals surface area contributed by atoms with Gasteiger partial charge in [0.15, 0.2) is 0 Å². The average molecular weight is 623 g/mol. The van der Waals surface area contributed by atoms with Crippen LogP contribution in [-0.4, -0.2) is 89.8 Å². The largest absolute Gasteiger partial charge is 0.358 e. The Bertz CT molecular complexity index is 1630. The maximum absolute atomic E-state index is 13.8. The number of likely N-dealkylation sites (tertiary alicyclic amines) is 1. The van der Waals surface area contributed by atoms with Crippen molar-refractivity contribution in [1.82, 2.24) is 25.0 Å². The summed E-state index contributed by atoms with van der Waals surface area (Å²) < 4.78 is 0. The molecule has 46 heavy (non-hydrogen) atoms. The molecule has 0 aliphatic carbocycles. The van der Waals surface area contributed by atoms with Crippen LogP contribution < -0.4 is 10.6 Å². The highest BCUT2D eigenvalue weighted by Crippen LogP contribution is 2.35. The number of rotatable bonds is 8. The highest BCUT2D eigenvalue weighted by Gasteiger charge is 2.31. The Morgan fingerprint density at radius 3 is 2.41 bits per heavy atom. The van der Waals surface area contributed by atoms with E-state index in [9.17, 15) is 14.4 Å². The van der Waals surface area contributed by atoms with E-state index in [1.165, 1.54) is 12.8 Å². The lowest BCUT2D eigenvalue weighted by atomic mass is 9.99. The molecule has 1 aromatic heterocycles. The van der Waals surface area contributed by atoms with Gasteiger partial charge >= 0.3 is 0 Å². The van der Waals surface area contributed by atoms with E-state index < -0.39 is 0 Å². The molecule has 9 nitrogen and oxygen atoms in total. The number of H-pyrrole nitrogens is 1. The summed E-state index contributed by atoms with van der Waals surface area (Å²) in [6.07, 6.45) is 5.95. The van der Waals surface area contributed by atoms with Gasteiger partial charge in [0.25, 0.3) is 17.7 Å². The molecule has 6 rings (SSSR count). The van der Waals surface area contributed by atoms with E-state index in [0.717, 1.165) is 74.6 Å². The van der Waals surface area contributed by atoms with Crippen molar-refractivity contribution >= 4 is 35.1 Å². The van der Waals surface area contributed by atoms with Crippen molar-refractivity contribution in [3.05, 3.63) is 87.7 Å². The number of carbonyl (C=O) groups excluding carboxylic acids is 3. The number of piperazine rings is 1. The van der Waals surface area contributed by atoms with Gasteiger partial charge in [0.2, 0.25) is 0 Å². The Hall–Kier alpha value is -4.21. The molecular formula is C37H46N6O3. The fourth-order valence-corrected chi connectivity index (χ4v) is 7.20. The molecule has 2 fully saturated rings. The van der Waals surface area contributed by atoms with Gasteiger partial charge in [-0.15, -0.1) is 0 Å². The lowest BCUT2D eigenvalue weighted by molar-refractivity contribution is -0.110. The van der Waals surface area contributed by atoms with Crippen molar-refractivity contribution in [2.75, 3.05) is 51.6 Å². The van der Waals surface area contributed by atoms with Crippen molar-refractivity contribution in [3.8, 4) is 0 Å². The fraction of sp³-hybridized carbons (Fsp3) is 0.432. The molecule has 9 heteroatoms. The number of nitrogens with one attached hydrogen (secondary N) is 3. The van der Waals surface area contributed by atoms with Gasteiger partial charge in [-0.2, -0.15) is 0 Å². The normalized spacial score (nSPS) is 19.3. The minimum absolute atomic E-state index is 0.0363. The standard InChI is InChI=1S/C37H46N6O3/c1-5-9-31(26-10-7-6-8-11-26)39-35(44)27-12-13-32-29(22-27)30(36(45)40-32)23-33-24(2)34(25(3)38-33)37(46)43-20-18-42(19-21-43)28-14-16-41(4)17-15-28/h6-8,10-13,22-23,28,31,38H,5,9,14-21H2,1-4H3,(H,39,44)(H,40,45)/b30-23-/t31-/m1/s1. The van der Waals surface area contributed by atoms with Crippen LogP contribution in [0.15, 0.2) is 48.5 Å². The zero-order valence-electron chi connectivity index (χ0n) is 27.5. The maximum atomic E-state index is 13.8. The Labute approximate surface area is 272 Å². The van der Waals surface area contributed by atoms with Gasteiger partial charge in [0, 0.05) is 60.4 Å². The average Bonchev–Trinajstić information content (AvgIpc) is 3.54. The van der Waals surface area contributed by atoms with Crippen molar-refractivity contribution in [3.63, 3.8) is 0 Å². The lowest BCUT2D eigenvalue weighted by Crippen LogP contribution is -2.54. The van der Waals surface area contributed by atoms with Gasteiger partial charge in [-0.1, -0.05) is 43.7 Å². The first-order chi connectivity index (χ1) is 22.2. The van der Waals surface area contributed by atoms with E-state index in [2.05, 4.69) is 39.4 Å². The fourth-order valence-electron chi connectivity index (χ4n) is 7.20. The third-order valence-corrected chi connectivity index (χ3v) is 9.93. The van der Waals surface area contributed by atoms with Crippen LogP contribution in [0.4, 0.5) is 5.69 Å². The van der Waals surface area contributed by atoms with Crippen molar-refractivity contribution in [1.29, 1.82) is 0 Å². The van der Waals surface area contributed by atoms with Gasteiger partial charge in [-0.25, -0.2) is 0 Å². The summed E-state index contributed by atoms with van der Waals surface area (Å²) in [7, 11) is 2.18. The molecule has 2 saturated heterocycles. The molecule has 1 atom stereocenters. The van der Waals surface area contributed by atoms with Crippen LogP contribution in [-0.2, 0) is 4.79 Å². The number of hydrogen-bond donors (Lipinski definition) is 3.